The van der Waals surface area contributed by atoms with Gasteiger partial charge in [-0.15, -0.1) is 11.3 Å². The zero-order valence-electron chi connectivity index (χ0n) is 15.0. The molecule has 1 aliphatic heterocycles. The van der Waals surface area contributed by atoms with Crippen molar-refractivity contribution in [1.29, 1.82) is 0 Å². The van der Waals surface area contributed by atoms with Crippen LogP contribution in [-0.4, -0.2) is 49.7 Å². The summed E-state index contributed by atoms with van der Waals surface area (Å²) in [6.45, 7) is 6.13. The van der Waals surface area contributed by atoms with Crippen LogP contribution in [0, 0.1) is 5.92 Å². The number of carbonyl (C=O) groups is 2. The molecule has 10 heteroatoms. The fourth-order valence-corrected chi connectivity index (χ4v) is 6.33. The molecule has 2 amide bonds. The monoisotopic (exact) mass is 465 g/mol. The van der Waals surface area contributed by atoms with Crippen LogP contribution in [0.2, 0.25) is 0 Å². The van der Waals surface area contributed by atoms with E-state index in [2.05, 4.69) is 26.6 Å². The van der Waals surface area contributed by atoms with E-state index in [1.165, 1.54) is 15.6 Å². The van der Waals surface area contributed by atoms with E-state index in [0.717, 1.165) is 3.79 Å². The minimum absolute atomic E-state index is 0.0716. The van der Waals surface area contributed by atoms with Crippen LogP contribution in [0.15, 0.2) is 20.1 Å². The first-order chi connectivity index (χ1) is 12.0. The summed E-state index contributed by atoms with van der Waals surface area (Å²) in [6, 6.07) is 3.29. The van der Waals surface area contributed by atoms with Crippen molar-refractivity contribution < 1.29 is 18.0 Å². The van der Waals surface area contributed by atoms with Gasteiger partial charge in [-0.25, -0.2) is 8.42 Å². The molecule has 1 fully saturated rings. The van der Waals surface area contributed by atoms with Crippen molar-refractivity contribution in [3.05, 3.63) is 15.9 Å². The van der Waals surface area contributed by atoms with Gasteiger partial charge >= 0.3 is 0 Å². The molecule has 0 saturated carbocycles. The molecule has 2 N–H and O–H groups in total. The lowest BCUT2D eigenvalue weighted by Gasteiger charge is -2.30. The van der Waals surface area contributed by atoms with Crippen LogP contribution in [0.4, 0.5) is 0 Å². The molecule has 0 aliphatic carbocycles. The SMILES string of the molecule is CC(C)(C)NC(=O)CNC(=O)C1CCN(S(=O)(=O)c2ccc(Br)s2)CC1. The highest BCUT2D eigenvalue weighted by Crippen LogP contribution is 2.30. The van der Waals surface area contributed by atoms with E-state index in [4.69, 9.17) is 0 Å². The second-order valence-corrected chi connectivity index (χ2v) is 11.9. The van der Waals surface area contributed by atoms with E-state index in [9.17, 15) is 18.0 Å². The Morgan fingerprint density at radius 1 is 1.27 bits per heavy atom. The standard InChI is InChI=1S/C16H24BrN3O4S2/c1-16(2,3)19-13(21)10-18-15(22)11-6-8-20(9-7-11)26(23,24)14-5-4-12(17)25-14/h4-5,11H,6-10H2,1-3H3,(H,18,22)(H,19,21). The van der Waals surface area contributed by atoms with Crippen LogP contribution >= 0.6 is 27.3 Å². The van der Waals surface area contributed by atoms with E-state index in [-0.39, 0.29) is 29.8 Å². The molecule has 0 atom stereocenters. The van der Waals surface area contributed by atoms with E-state index < -0.39 is 10.0 Å². The second kappa shape index (κ2) is 8.37. The highest BCUT2D eigenvalue weighted by Gasteiger charge is 2.33. The Kier molecular flexibility index (Phi) is 6.86. The molecule has 26 heavy (non-hydrogen) atoms. The zero-order valence-corrected chi connectivity index (χ0v) is 18.3. The Morgan fingerprint density at radius 3 is 2.38 bits per heavy atom. The van der Waals surface area contributed by atoms with Crippen LogP contribution in [0.5, 0.6) is 0 Å². The lowest BCUT2D eigenvalue weighted by molar-refractivity contribution is -0.129. The van der Waals surface area contributed by atoms with Gasteiger partial charge in [0.1, 0.15) is 4.21 Å². The lowest BCUT2D eigenvalue weighted by atomic mass is 9.97. The van der Waals surface area contributed by atoms with Gasteiger partial charge in [0.15, 0.2) is 0 Å². The smallest absolute Gasteiger partial charge is 0.252 e. The van der Waals surface area contributed by atoms with Crippen LogP contribution in [0.1, 0.15) is 33.6 Å². The molecule has 1 saturated heterocycles. The van der Waals surface area contributed by atoms with Crippen LogP contribution in [-0.2, 0) is 19.6 Å². The molecule has 7 nitrogen and oxygen atoms in total. The maximum absolute atomic E-state index is 12.6. The molecule has 1 aromatic heterocycles. The van der Waals surface area contributed by atoms with E-state index >= 15 is 0 Å². The van der Waals surface area contributed by atoms with Gasteiger partial charge in [-0.1, -0.05) is 0 Å². The van der Waals surface area contributed by atoms with Gasteiger partial charge in [0.25, 0.3) is 10.0 Å². The maximum Gasteiger partial charge on any atom is 0.252 e. The van der Waals surface area contributed by atoms with Crippen molar-refractivity contribution in [1.82, 2.24) is 14.9 Å². The Balaban J connectivity index is 1.84. The molecular formula is C16H24BrN3O4S2. The summed E-state index contributed by atoms with van der Waals surface area (Å²) < 4.78 is 27.7. The molecule has 1 aromatic rings. The van der Waals surface area contributed by atoms with Crippen molar-refractivity contribution in [3.8, 4) is 0 Å². The fraction of sp³-hybridized carbons (Fsp3) is 0.625. The first-order valence-corrected chi connectivity index (χ1v) is 11.4. The van der Waals surface area contributed by atoms with Gasteiger partial charge in [0.2, 0.25) is 11.8 Å². The van der Waals surface area contributed by atoms with Crippen LogP contribution in [0.25, 0.3) is 0 Å². The lowest BCUT2D eigenvalue weighted by Crippen LogP contribution is -2.48. The van der Waals surface area contributed by atoms with Crippen molar-refractivity contribution >= 4 is 49.1 Å². The van der Waals surface area contributed by atoms with Gasteiger partial charge < -0.3 is 10.6 Å². The summed E-state index contributed by atoms with van der Waals surface area (Å²) >= 11 is 4.45. The summed E-state index contributed by atoms with van der Waals surface area (Å²) in [5.74, 6) is -0.724. The highest BCUT2D eigenvalue weighted by molar-refractivity contribution is 9.11. The topological polar surface area (TPSA) is 95.6 Å². The average Bonchev–Trinajstić information content (AvgIpc) is 2.98. The fourth-order valence-electron chi connectivity index (χ4n) is 2.70. The van der Waals surface area contributed by atoms with E-state index in [0.29, 0.717) is 30.1 Å². The predicted molar refractivity (Wildman–Crippen MR) is 104 cm³/mol. The molecule has 0 aromatic carbocycles. The highest BCUT2D eigenvalue weighted by atomic mass is 79.9. The molecule has 2 heterocycles. The van der Waals surface area contributed by atoms with Gasteiger partial charge in [-0.3, -0.25) is 9.59 Å². The molecule has 0 bridgehead atoms. The van der Waals surface area contributed by atoms with Crippen molar-refractivity contribution in [2.75, 3.05) is 19.6 Å². The minimum Gasteiger partial charge on any atom is -0.350 e. The number of carbonyl (C=O) groups excluding carboxylic acids is 2. The number of thiophene rings is 1. The Morgan fingerprint density at radius 2 is 1.88 bits per heavy atom. The van der Waals surface area contributed by atoms with Crippen molar-refractivity contribution in [2.24, 2.45) is 5.92 Å². The third kappa shape index (κ3) is 5.77. The maximum atomic E-state index is 12.6. The number of nitrogens with zero attached hydrogens (tertiary/aromatic N) is 1. The first-order valence-electron chi connectivity index (χ1n) is 8.33. The third-order valence-electron chi connectivity index (χ3n) is 3.91. The van der Waals surface area contributed by atoms with Crippen molar-refractivity contribution in [2.45, 2.75) is 43.4 Å². The third-order valence-corrected chi connectivity index (χ3v) is 7.89. The number of rotatable bonds is 5. The number of hydrogen-bond donors (Lipinski definition) is 2. The summed E-state index contributed by atoms with van der Waals surface area (Å²) in [6.07, 6.45) is 0.886. The average molecular weight is 466 g/mol. The molecule has 0 spiro atoms. The van der Waals surface area contributed by atoms with Gasteiger partial charge in [-0.05, 0) is 61.7 Å². The van der Waals surface area contributed by atoms with E-state index in [1.807, 2.05) is 20.8 Å². The Bertz CT molecular complexity index is 763. The molecule has 0 unspecified atom stereocenters. The molecule has 0 radical (unpaired) electrons. The van der Waals surface area contributed by atoms with Crippen LogP contribution < -0.4 is 10.6 Å². The minimum atomic E-state index is -3.51. The van der Waals surface area contributed by atoms with Gasteiger partial charge in [0.05, 0.1) is 10.3 Å². The Hall–Kier alpha value is -0.970. The quantitative estimate of drug-likeness (QED) is 0.694. The largest absolute Gasteiger partial charge is 0.350 e. The number of amides is 2. The number of hydrogen-bond acceptors (Lipinski definition) is 5. The molecular weight excluding hydrogens is 442 g/mol. The van der Waals surface area contributed by atoms with E-state index in [1.54, 1.807) is 12.1 Å². The molecule has 146 valence electrons. The number of sulfonamides is 1. The van der Waals surface area contributed by atoms with Crippen molar-refractivity contribution in [3.63, 3.8) is 0 Å². The van der Waals surface area contributed by atoms with Crippen LogP contribution in [0.3, 0.4) is 0 Å². The molecule has 1 aliphatic rings. The summed E-state index contributed by atoms with van der Waals surface area (Å²) in [4.78, 5) is 24.0. The second-order valence-electron chi connectivity index (χ2n) is 7.25. The number of piperidine rings is 1. The van der Waals surface area contributed by atoms with Gasteiger partial charge in [-0.2, -0.15) is 4.31 Å². The number of nitrogens with one attached hydrogen (secondary N) is 2. The summed E-state index contributed by atoms with van der Waals surface area (Å²) in [7, 11) is -3.51. The normalized spacial score (nSPS) is 17.1. The molecule has 2 rings (SSSR count). The summed E-state index contributed by atoms with van der Waals surface area (Å²) in [5.41, 5.74) is -0.349. The first kappa shape index (κ1) is 21.3. The summed E-state index contributed by atoms with van der Waals surface area (Å²) in [5, 5.41) is 5.42. The zero-order chi connectivity index (χ0) is 19.5. The number of halogens is 1. The predicted octanol–water partition coefficient (Wildman–Crippen LogP) is 1.94. The van der Waals surface area contributed by atoms with Gasteiger partial charge in [0, 0.05) is 24.5 Å². The Labute approximate surface area is 166 Å².